The van der Waals surface area contributed by atoms with E-state index in [2.05, 4.69) is 4.74 Å². The molecule has 19 heavy (non-hydrogen) atoms. The van der Waals surface area contributed by atoms with Crippen molar-refractivity contribution in [1.82, 2.24) is 0 Å². The Hall–Kier alpha value is -1.43. The maximum absolute atomic E-state index is 12.2. The van der Waals surface area contributed by atoms with Gasteiger partial charge in [-0.25, -0.2) is 0 Å². The predicted molar refractivity (Wildman–Crippen MR) is 64.5 cm³/mol. The highest BCUT2D eigenvalue weighted by atomic mass is 19.4. The van der Waals surface area contributed by atoms with Gasteiger partial charge < -0.3 is 14.2 Å². The monoisotopic (exact) mass is 278 g/mol. The Bertz CT molecular complexity index is 391. The highest BCUT2D eigenvalue weighted by molar-refractivity contribution is 5.38. The van der Waals surface area contributed by atoms with E-state index in [0.717, 1.165) is 5.56 Å². The molecule has 0 fully saturated rings. The van der Waals surface area contributed by atoms with Crippen molar-refractivity contribution in [3.63, 3.8) is 0 Å². The van der Waals surface area contributed by atoms with Crippen LogP contribution in [-0.4, -0.2) is 26.7 Å². The van der Waals surface area contributed by atoms with Gasteiger partial charge in [-0.15, -0.1) is 13.2 Å². The molecule has 6 heteroatoms. The van der Waals surface area contributed by atoms with Crippen molar-refractivity contribution < 1.29 is 27.4 Å². The Labute approximate surface area is 110 Å². The fourth-order valence-electron chi connectivity index (χ4n) is 1.50. The molecular weight excluding hydrogens is 261 g/mol. The SMILES string of the molecule is CCc1cc(OCCCOC)cc(OC(F)(F)F)c1. The van der Waals surface area contributed by atoms with Crippen molar-refractivity contribution in [3.8, 4) is 11.5 Å². The standard InChI is InChI=1S/C13H17F3O3/c1-3-10-7-11(18-6-4-5-17-2)9-12(8-10)19-13(14,15)16/h7-9H,3-6H2,1-2H3. The average molecular weight is 278 g/mol. The maximum atomic E-state index is 12.2. The molecule has 0 spiro atoms. The molecule has 0 aliphatic carbocycles. The Morgan fingerprint density at radius 2 is 1.74 bits per heavy atom. The first-order valence-corrected chi connectivity index (χ1v) is 5.96. The van der Waals surface area contributed by atoms with E-state index in [0.29, 0.717) is 31.8 Å². The van der Waals surface area contributed by atoms with E-state index in [1.807, 2.05) is 6.92 Å². The van der Waals surface area contributed by atoms with Crippen LogP contribution in [0, 0.1) is 0 Å². The number of hydrogen-bond acceptors (Lipinski definition) is 3. The van der Waals surface area contributed by atoms with Crippen molar-refractivity contribution in [1.29, 1.82) is 0 Å². The zero-order valence-electron chi connectivity index (χ0n) is 10.9. The summed E-state index contributed by atoms with van der Waals surface area (Å²) in [5, 5.41) is 0. The zero-order valence-corrected chi connectivity index (χ0v) is 10.9. The van der Waals surface area contributed by atoms with Gasteiger partial charge in [-0.05, 0) is 24.1 Å². The van der Waals surface area contributed by atoms with Gasteiger partial charge in [0.05, 0.1) is 6.61 Å². The minimum atomic E-state index is -4.69. The summed E-state index contributed by atoms with van der Waals surface area (Å²) in [6.07, 6.45) is -3.43. The molecule has 0 radical (unpaired) electrons. The lowest BCUT2D eigenvalue weighted by molar-refractivity contribution is -0.274. The molecular formula is C13H17F3O3. The summed E-state index contributed by atoms with van der Waals surface area (Å²) in [6, 6.07) is 4.30. The third-order valence-corrected chi connectivity index (χ3v) is 2.34. The Morgan fingerprint density at radius 1 is 1.05 bits per heavy atom. The van der Waals surface area contributed by atoms with Crippen molar-refractivity contribution in [2.45, 2.75) is 26.1 Å². The molecule has 0 N–H and O–H groups in total. The molecule has 0 atom stereocenters. The van der Waals surface area contributed by atoms with Gasteiger partial charge >= 0.3 is 6.36 Å². The van der Waals surface area contributed by atoms with Crippen LogP contribution in [0.4, 0.5) is 13.2 Å². The molecule has 1 rings (SSSR count). The molecule has 0 saturated carbocycles. The number of benzene rings is 1. The van der Waals surface area contributed by atoms with Gasteiger partial charge in [0.15, 0.2) is 0 Å². The molecule has 0 unspecified atom stereocenters. The highest BCUT2D eigenvalue weighted by Crippen LogP contribution is 2.28. The van der Waals surface area contributed by atoms with Crippen LogP contribution in [0.2, 0.25) is 0 Å². The molecule has 0 heterocycles. The van der Waals surface area contributed by atoms with E-state index in [4.69, 9.17) is 9.47 Å². The number of methoxy groups -OCH3 is 1. The average Bonchev–Trinajstić information content (AvgIpc) is 2.32. The predicted octanol–water partition coefficient (Wildman–Crippen LogP) is 3.56. The van der Waals surface area contributed by atoms with Crippen LogP contribution in [0.3, 0.4) is 0 Å². The maximum Gasteiger partial charge on any atom is 0.573 e. The second kappa shape index (κ2) is 7.23. The lowest BCUT2D eigenvalue weighted by Gasteiger charge is -2.13. The molecule has 0 aliphatic rings. The summed E-state index contributed by atoms with van der Waals surface area (Å²) in [5.74, 6) is 0.114. The third kappa shape index (κ3) is 6.33. The molecule has 3 nitrogen and oxygen atoms in total. The van der Waals surface area contributed by atoms with Crippen molar-refractivity contribution in [3.05, 3.63) is 23.8 Å². The first kappa shape index (κ1) is 15.6. The Morgan fingerprint density at radius 3 is 2.32 bits per heavy atom. The molecule has 108 valence electrons. The summed E-state index contributed by atoms with van der Waals surface area (Å²) in [6.45, 7) is 2.77. The van der Waals surface area contributed by atoms with Crippen LogP contribution in [0.1, 0.15) is 18.9 Å². The largest absolute Gasteiger partial charge is 0.573 e. The Kier molecular flexibility index (Phi) is 5.95. The summed E-state index contributed by atoms with van der Waals surface area (Å²) >= 11 is 0. The lowest BCUT2D eigenvalue weighted by Crippen LogP contribution is -2.17. The Balaban J connectivity index is 2.72. The molecule has 0 saturated heterocycles. The number of hydrogen-bond donors (Lipinski definition) is 0. The number of alkyl halides is 3. The van der Waals surface area contributed by atoms with E-state index in [9.17, 15) is 13.2 Å². The summed E-state index contributed by atoms with van der Waals surface area (Å²) in [7, 11) is 1.58. The number of ether oxygens (including phenoxy) is 3. The summed E-state index contributed by atoms with van der Waals surface area (Å²) in [4.78, 5) is 0. The van der Waals surface area contributed by atoms with Crippen LogP contribution in [0.5, 0.6) is 11.5 Å². The zero-order chi connectivity index (χ0) is 14.3. The second-order valence-electron chi connectivity index (χ2n) is 3.91. The van der Waals surface area contributed by atoms with Gasteiger partial charge in [-0.3, -0.25) is 0 Å². The van der Waals surface area contributed by atoms with Gasteiger partial charge in [-0.2, -0.15) is 0 Å². The number of rotatable bonds is 7. The number of halogens is 3. The summed E-state index contributed by atoms with van der Waals surface area (Å²) in [5.41, 5.74) is 0.725. The van der Waals surface area contributed by atoms with E-state index in [1.165, 1.54) is 12.1 Å². The molecule has 1 aromatic carbocycles. The summed E-state index contributed by atoms with van der Waals surface area (Å²) < 4.78 is 50.7. The van der Waals surface area contributed by atoms with E-state index >= 15 is 0 Å². The van der Waals surface area contributed by atoms with Crippen molar-refractivity contribution in [2.75, 3.05) is 20.3 Å². The van der Waals surface area contributed by atoms with E-state index < -0.39 is 6.36 Å². The first-order valence-electron chi connectivity index (χ1n) is 5.96. The quantitative estimate of drug-likeness (QED) is 0.714. The van der Waals surface area contributed by atoms with Crippen LogP contribution in [0.15, 0.2) is 18.2 Å². The van der Waals surface area contributed by atoms with Crippen molar-refractivity contribution in [2.24, 2.45) is 0 Å². The van der Waals surface area contributed by atoms with Crippen LogP contribution >= 0.6 is 0 Å². The van der Waals surface area contributed by atoms with Crippen molar-refractivity contribution >= 4 is 0 Å². The minimum Gasteiger partial charge on any atom is -0.493 e. The van der Waals surface area contributed by atoms with Crippen LogP contribution in [0.25, 0.3) is 0 Å². The smallest absolute Gasteiger partial charge is 0.493 e. The van der Waals surface area contributed by atoms with Gasteiger partial charge in [0.1, 0.15) is 11.5 Å². The van der Waals surface area contributed by atoms with Gasteiger partial charge in [-0.1, -0.05) is 6.92 Å². The van der Waals surface area contributed by atoms with Gasteiger partial charge in [0.2, 0.25) is 0 Å². The second-order valence-corrected chi connectivity index (χ2v) is 3.91. The van der Waals surface area contributed by atoms with E-state index in [1.54, 1.807) is 13.2 Å². The van der Waals surface area contributed by atoms with Gasteiger partial charge in [0.25, 0.3) is 0 Å². The fraction of sp³-hybridized carbons (Fsp3) is 0.538. The lowest BCUT2D eigenvalue weighted by atomic mass is 10.1. The molecule has 0 amide bonds. The normalized spacial score (nSPS) is 11.4. The van der Waals surface area contributed by atoms with Crippen LogP contribution < -0.4 is 9.47 Å². The molecule has 0 bridgehead atoms. The van der Waals surface area contributed by atoms with E-state index in [-0.39, 0.29) is 5.75 Å². The van der Waals surface area contributed by atoms with Gasteiger partial charge in [0, 0.05) is 26.2 Å². The minimum absolute atomic E-state index is 0.256. The molecule has 1 aromatic rings. The number of aryl methyl sites for hydroxylation is 1. The third-order valence-electron chi connectivity index (χ3n) is 2.34. The molecule has 0 aliphatic heterocycles. The molecule has 0 aromatic heterocycles. The topological polar surface area (TPSA) is 27.7 Å². The fourth-order valence-corrected chi connectivity index (χ4v) is 1.50. The highest BCUT2D eigenvalue weighted by Gasteiger charge is 2.31. The van der Waals surface area contributed by atoms with Crippen LogP contribution in [-0.2, 0) is 11.2 Å². The first-order chi connectivity index (χ1) is 8.94.